The third kappa shape index (κ3) is 3.18. The molecule has 1 aromatic rings. The average Bonchev–Trinajstić information content (AvgIpc) is 3.29. The average molecular weight is 357 g/mol. The van der Waals surface area contributed by atoms with Crippen molar-refractivity contribution in [3.63, 3.8) is 0 Å². The molecule has 1 atom stereocenters. The maximum atomic E-state index is 12.9. The number of carbonyl (C=O) groups is 2. The van der Waals surface area contributed by atoms with Gasteiger partial charge in [-0.3, -0.25) is 9.59 Å². The molecule has 2 amide bonds. The first-order chi connectivity index (χ1) is 12.6. The number of methoxy groups -OCH3 is 1. The number of amides is 2. The highest BCUT2D eigenvalue weighted by molar-refractivity contribution is 6.00. The second-order valence-electron chi connectivity index (χ2n) is 7.86. The SMILES string of the molecule is COc1ccc(N2CC(C(=O)N3CCC4(CCNC4)CC3)CC2=O)cc1. The van der Waals surface area contributed by atoms with Crippen molar-refractivity contribution in [2.75, 3.05) is 44.7 Å². The predicted octanol–water partition coefficient (Wildman–Crippen LogP) is 1.65. The van der Waals surface area contributed by atoms with E-state index in [1.54, 1.807) is 12.0 Å². The van der Waals surface area contributed by atoms with Crippen molar-refractivity contribution in [1.29, 1.82) is 0 Å². The van der Waals surface area contributed by atoms with Crippen molar-refractivity contribution in [2.45, 2.75) is 25.7 Å². The van der Waals surface area contributed by atoms with E-state index in [4.69, 9.17) is 4.74 Å². The summed E-state index contributed by atoms with van der Waals surface area (Å²) in [7, 11) is 1.62. The number of nitrogens with one attached hydrogen (secondary N) is 1. The minimum atomic E-state index is -0.222. The second-order valence-corrected chi connectivity index (χ2v) is 7.86. The highest BCUT2D eigenvalue weighted by atomic mass is 16.5. The minimum absolute atomic E-state index is 0.0296. The third-order valence-corrected chi connectivity index (χ3v) is 6.33. The number of anilines is 1. The summed E-state index contributed by atoms with van der Waals surface area (Å²) in [5.74, 6) is 0.717. The molecule has 6 nitrogen and oxygen atoms in total. The van der Waals surface area contributed by atoms with E-state index < -0.39 is 0 Å². The van der Waals surface area contributed by atoms with E-state index in [2.05, 4.69) is 5.32 Å². The van der Waals surface area contributed by atoms with Gasteiger partial charge in [0.05, 0.1) is 13.0 Å². The van der Waals surface area contributed by atoms with Crippen LogP contribution in [-0.2, 0) is 9.59 Å². The minimum Gasteiger partial charge on any atom is -0.497 e. The van der Waals surface area contributed by atoms with Gasteiger partial charge < -0.3 is 19.9 Å². The van der Waals surface area contributed by atoms with Gasteiger partial charge in [-0.25, -0.2) is 0 Å². The lowest BCUT2D eigenvalue weighted by Crippen LogP contribution is -2.46. The number of carbonyl (C=O) groups excluding carboxylic acids is 2. The Hall–Kier alpha value is -2.08. The van der Waals surface area contributed by atoms with Gasteiger partial charge in [-0.2, -0.15) is 0 Å². The number of ether oxygens (including phenoxy) is 1. The van der Waals surface area contributed by atoms with Crippen LogP contribution in [0.3, 0.4) is 0 Å². The Balaban J connectivity index is 1.38. The van der Waals surface area contributed by atoms with Crippen LogP contribution in [0.25, 0.3) is 0 Å². The molecule has 3 aliphatic heterocycles. The van der Waals surface area contributed by atoms with E-state index in [0.717, 1.165) is 50.5 Å². The smallest absolute Gasteiger partial charge is 0.228 e. The van der Waals surface area contributed by atoms with Crippen LogP contribution in [0.1, 0.15) is 25.7 Å². The Bertz CT molecular complexity index is 672. The van der Waals surface area contributed by atoms with Crippen molar-refractivity contribution < 1.29 is 14.3 Å². The molecular weight excluding hydrogens is 330 g/mol. The van der Waals surface area contributed by atoms with Crippen LogP contribution in [0, 0.1) is 11.3 Å². The van der Waals surface area contributed by atoms with Crippen molar-refractivity contribution in [3.05, 3.63) is 24.3 Å². The molecule has 0 bridgehead atoms. The monoisotopic (exact) mass is 357 g/mol. The Kier molecular flexibility index (Phi) is 4.61. The highest BCUT2D eigenvalue weighted by Crippen LogP contribution is 2.38. The van der Waals surface area contributed by atoms with E-state index in [1.165, 1.54) is 6.42 Å². The van der Waals surface area contributed by atoms with Gasteiger partial charge in [0.2, 0.25) is 11.8 Å². The maximum absolute atomic E-state index is 12.9. The molecule has 0 aliphatic carbocycles. The number of nitrogens with zero attached hydrogens (tertiary/aromatic N) is 2. The second kappa shape index (κ2) is 6.91. The molecule has 0 saturated carbocycles. The number of rotatable bonds is 3. The molecule has 4 rings (SSSR count). The fourth-order valence-corrected chi connectivity index (χ4v) is 4.57. The molecule has 140 valence electrons. The molecule has 1 spiro atoms. The first-order valence-corrected chi connectivity index (χ1v) is 9.54. The summed E-state index contributed by atoms with van der Waals surface area (Å²) in [4.78, 5) is 29.1. The van der Waals surface area contributed by atoms with Crippen molar-refractivity contribution in [1.82, 2.24) is 10.2 Å². The van der Waals surface area contributed by atoms with Gasteiger partial charge in [-0.1, -0.05) is 0 Å². The van der Waals surface area contributed by atoms with E-state index >= 15 is 0 Å². The van der Waals surface area contributed by atoms with Crippen molar-refractivity contribution in [3.8, 4) is 5.75 Å². The zero-order chi connectivity index (χ0) is 18.1. The van der Waals surface area contributed by atoms with Crippen LogP contribution < -0.4 is 15.0 Å². The van der Waals surface area contributed by atoms with Gasteiger partial charge in [0.1, 0.15) is 5.75 Å². The molecule has 3 heterocycles. The van der Waals surface area contributed by atoms with Gasteiger partial charge >= 0.3 is 0 Å². The first-order valence-electron chi connectivity index (χ1n) is 9.54. The van der Waals surface area contributed by atoms with E-state index in [-0.39, 0.29) is 17.7 Å². The fourth-order valence-electron chi connectivity index (χ4n) is 4.57. The summed E-state index contributed by atoms with van der Waals surface area (Å²) in [6, 6.07) is 7.44. The quantitative estimate of drug-likeness (QED) is 0.894. The van der Waals surface area contributed by atoms with Crippen LogP contribution in [0.4, 0.5) is 5.69 Å². The van der Waals surface area contributed by atoms with Gasteiger partial charge in [0.15, 0.2) is 0 Å². The summed E-state index contributed by atoms with van der Waals surface area (Å²) in [5, 5.41) is 3.46. The molecular formula is C20H27N3O3. The molecule has 1 N–H and O–H groups in total. The third-order valence-electron chi connectivity index (χ3n) is 6.33. The van der Waals surface area contributed by atoms with Crippen LogP contribution in [0.2, 0.25) is 0 Å². The van der Waals surface area contributed by atoms with Gasteiger partial charge in [-0.15, -0.1) is 0 Å². The van der Waals surface area contributed by atoms with E-state index in [0.29, 0.717) is 18.4 Å². The van der Waals surface area contributed by atoms with Gasteiger partial charge in [0, 0.05) is 38.3 Å². The summed E-state index contributed by atoms with van der Waals surface area (Å²) in [6.07, 6.45) is 3.69. The zero-order valence-electron chi connectivity index (χ0n) is 15.4. The number of piperidine rings is 1. The lowest BCUT2D eigenvalue weighted by atomic mass is 9.77. The van der Waals surface area contributed by atoms with E-state index in [9.17, 15) is 9.59 Å². The Labute approximate surface area is 154 Å². The molecule has 3 aliphatic rings. The molecule has 3 fully saturated rings. The topological polar surface area (TPSA) is 61.9 Å². The summed E-state index contributed by atoms with van der Waals surface area (Å²) >= 11 is 0. The molecule has 6 heteroatoms. The Morgan fingerprint density at radius 3 is 2.54 bits per heavy atom. The number of hydrogen-bond acceptors (Lipinski definition) is 4. The standard InChI is InChI=1S/C20H27N3O3/c1-26-17-4-2-16(3-5-17)23-13-15(12-18(23)24)19(25)22-10-7-20(8-11-22)6-9-21-14-20/h2-5,15,21H,6-14H2,1H3. The predicted molar refractivity (Wildman–Crippen MR) is 99.2 cm³/mol. The van der Waals surface area contributed by atoms with Crippen molar-refractivity contribution >= 4 is 17.5 Å². The van der Waals surface area contributed by atoms with Crippen LogP contribution in [0.5, 0.6) is 5.75 Å². The van der Waals surface area contributed by atoms with Crippen LogP contribution >= 0.6 is 0 Å². The molecule has 0 aromatic heterocycles. The molecule has 3 saturated heterocycles. The Morgan fingerprint density at radius 1 is 1.19 bits per heavy atom. The van der Waals surface area contributed by atoms with Gasteiger partial charge in [-0.05, 0) is 55.5 Å². The molecule has 0 radical (unpaired) electrons. The highest BCUT2D eigenvalue weighted by Gasteiger charge is 2.41. The molecule has 26 heavy (non-hydrogen) atoms. The normalized spacial score (nSPS) is 25.1. The molecule has 1 unspecified atom stereocenters. The summed E-state index contributed by atoms with van der Waals surface area (Å²) < 4.78 is 5.17. The summed E-state index contributed by atoms with van der Waals surface area (Å²) in [5.41, 5.74) is 1.23. The maximum Gasteiger partial charge on any atom is 0.228 e. The lowest BCUT2D eigenvalue weighted by molar-refractivity contribution is -0.137. The molecule has 1 aromatic carbocycles. The number of likely N-dealkylation sites (tertiary alicyclic amines) is 1. The first kappa shape index (κ1) is 17.3. The van der Waals surface area contributed by atoms with Crippen molar-refractivity contribution in [2.24, 2.45) is 11.3 Å². The van der Waals surface area contributed by atoms with E-state index in [1.807, 2.05) is 29.2 Å². The summed E-state index contributed by atoms with van der Waals surface area (Å²) in [6.45, 7) is 4.32. The fraction of sp³-hybridized carbons (Fsp3) is 0.600. The Morgan fingerprint density at radius 2 is 1.92 bits per heavy atom. The lowest BCUT2D eigenvalue weighted by Gasteiger charge is -2.39. The van der Waals surface area contributed by atoms with Crippen LogP contribution in [-0.4, -0.2) is 56.5 Å². The van der Waals surface area contributed by atoms with Crippen LogP contribution in [0.15, 0.2) is 24.3 Å². The number of hydrogen-bond donors (Lipinski definition) is 1. The number of benzene rings is 1. The van der Waals surface area contributed by atoms with Gasteiger partial charge in [0.25, 0.3) is 0 Å². The largest absolute Gasteiger partial charge is 0.497 e. The zero-order valence-corrected chi connectivity index (χ0v) is 15.4.